The van der Waals surface area contributed by atoms with Crippen molar-refractivity contribution in [3.05, 3.63) is 33.7 Å². The van der Waals surface area contributed by atoms with Gasteiger partial charge in [0.15, 0.2) is 5.13 Å². The summed E-state index contributed by atoms with van der Waals surface area (Å²) in [5.41, 5.74) is 7.93. The summed E-state index contributed by atoms with van der Waals surface area (Å²) in [5.74, 6) is 0.848. The Hall–Kier alpha value is -1.44. The minimum Gasteiger partial charge on any atom is -0.351 e. The van der Waals surface area contributed by atoms with Gasteiger partial charge >= 0.3 is 0 Å². The van der Waals surface area contributed by atoms with Crippen LogP contribution in [0.1, 0.15) is 61.3 Å². The topological polar surface area (TPSA) is 62.3 Å². The summed E-state index contributed by atoms with van der Waals surface area (Å²) in [7, 11) is -0.717. The molecule has 1 heterocycles. The Balaban J connectivity index is 0.000000423. The minimum atomic E-state index is -2.92. The van der Waals surface area contributed by atoms with Gasteiger partial charge in [-0.25, -0.2) is 18.1 Å². The zero-order valence-corrected chi connectivity index (χ0v) is 21.8. The van der Waals surface area contributed by atoms with E-state index in [4.69, 9.17) is 4.98 Å². The molecule has 1 aliphatic carbocycles. The van der Waals surface area contributed by atoms with E-state index in [1.165, 1.54) is 59.9 Å². The fourth-order valence-electron chi connectivity index (χ4n) is 4.25. The van der Waals surface area contributed by atoms with Gasteiger partial charge in [0.25, 0.3) is 0 Å². The normalized spacial score (nSPS) is 14.8. The van der Waals surface area contributed by atoms with Crippen molar-refractivity contribution in [1.82, 2.24) is 9.71 Å². The number of thiazole rings is 1. The molecule has 0 bridgehead atoms. The van der Waals surface area contributed by atoms with Gasteiger partial charge in [-0.2, -0.15) is 0 Å². The molecule has 1 aromatic heterocycles. The first-order valence-corrected chi connectivity index (χ1v) is 14.0. The first kappa shape index (κ1) is 25.8. The highest BCUT2D eigenvalue weighted by Crippen LogP contribution is 2.35. The van der Waals surface area contributed by atoms with Crippen LogP contribution in [0.5, 0.6) is 0 Å². The predicted molar refractivity (Wildman–Crippen MR) is 135 cm³/mol. The Bertz CT molecular complexity index is 935. The number of hydrogen-bond donors (Lipinski definition) is 1. The summed E-state index contributed by atoms with van der Waals surface area (Å²) in [4.78, 5) is 7.37. The third-order valence-corrected chi connectivity index (χ3v) is 7.87. The monoisotopic (exact) mass is 465 g/mol. The van der Waals surface area contributed by atoms with E-state index in [0.29, 0.717) is 6.54 Å². The fourth-order valence-corrected chi connectivity index (χ4v) is 5.57. The Labute approximate surface area is 193 Å². The first-order chi connectivity index (χ1) is 14.5. The SMILES string of the molecule is CCNS(C)(=O)=O.Cc1cc(C)c(C)c(-c2csc(N(C)CC3CCCCC3)n2)c1C. The number of sulfonamides is 1. The van der Waals surface area contributed by atoms with Crippen molar-refractivity contribution >= 4 is 26.5 Å². The molecule has 1 aromatic carbocycles. The lowest BCUT2D eigenvalue weighted by Gasteiger charge is -2.26. The van der Waals surface area contributed by atoms with Crippen molar-refractivity contribution in [2.45, 2.75) is 66.7 Å². The molecule has 0 amide bonds. The second kappa shape index (κ2) is 11.4. The van der Waals surface area contributed by atoms with E-state index >= 15 is 0 Å². The van der Waals surface area contributed by atoms with Crippen LogP contribution in [0.2, 0.25) is 0 Å². The lowest BCUT2D eigenvalue weighted by atomic mass is 9.89. The van der Waals surface area contributed by atoms with Gasteiger partial charge in [-0.3, -0.25) is 0 Å². The summed E-state index contributed by atoms with van der Waals surface area (Å²) in [6.07, 6.45) is 8.14. The summed E-state index contributed by atoms with van der Waals surface area (Å²) in [6.45, 7) is 12.2. The van der Waals surface area contributed by atoms with Crippen LogP contribution in [-0.4, -0.2) is 39.8 Å². The Morgan fingerprint density at radius 2 is 1.68 bits per heavy atom. The zero-order chi connectivity index (χ0) is 23.2. The third-order valence-electron chi connectivity index (χ3n) is 6.10. The van der Waals surface area contributed by atoms with Crippen LogP contribution in [0.3, 0.4) is 0 Å². The number of nitrogens with zero attached hydrogens (tertiary/aromatic N) is 2. The highest BCUT2D eigenvalue weighted by Gasteiger charge is 2.19. The molecule has 0 spiro atoms. The van der Waals surface area contributed by atoms with E-state index in [0.717, 1.165) is 29.5 Å². The van der Waals surface area contributed by atoms with Gasteiger partial charge in [-0.15, -0.1) is 11.3 Å². The van der Waals surface area contributed by atoms with Crippen molar-refractivity contribution < 1.29 is 8.42 Å². The second-order valence-corrected chi connectivity index (χ2v) is 11.5. The molecule has 0 unspecified atom stereocenters. The molecule has 0 radical (unpaired) electrons. The molecule has 0 atom stereocenters. The number of aromatic nitrogens is 1. The predicted octanol–water partition coefficient (Wildman–Crippen LogP) is 5.62. The van der Waals surface area contributed by atoms with E-state index in [1.807, 2.05) is 0 Å². The number of rotatable bonds is 6. The molecule has 5 nitrogen and oxygen atoms in total. The van der Waals surface area contributed by atoms with E-state index in [9.17, 15) is 8.42 Å². The van der Waals surface area contributed by atoms with Crippen molar-refractivity contribution in [3.8, 4) is 11.3 Å². The average molecular weight is 466 g/mol. The summed E-state index contributed by atoms with van der Waals surface area (Å²) >= 11 is 1.78. The molecule has 1 N–H and O–H groups in total. The van der Waals surface area contributed by atoms with Crippen LogP contribution in [0.4, 0.5) is 5.13 Å². The van der Waals surface area contributed by atoms with Gasteiger partial charge in [0.1, 0.15) is 0 Å². The Morgan fingerprint density at radius 3 is 2.16 bits per heavy atom. The molecule has 7 heteroatoms. The van der Waals surface area contributed by atoms with Crippen molar-refractivity contribution in [2.75, 3.05) is 31.3 Å². The van der Waals surface area contributed by atoms with Gasteiger partial charge in [-0.1, -0.05) is 32.3 Å². The van der Waals surface area contributed by atoms with Crippen LogP contribution in [0.15, 0.2) is 11.4 Å². The van der Waals surface area contributed by atoms with E-state index in [1.54, 1.807) is 18.3 Å². The lowest BCUT2D eigenvalue weighted by Crippen LogP contribution is -2.26. The molecule has 0 saturated heterocycles. The molecule has 174 valence electrons. The van der Waals surface area contributed by atoms with Crippen LogP contribution in [-0.2, 0) is 10.0 Å². The molecule has 3 rings (SSSR count). The number of nitrogens with one attached hydrogen (secondary N) is 1. The summed E-state index contributed by atoms with van der Waals surface area (Å²) in [5, 5.41) is 3.40. The quantitative estimate of drug-likeness (QED) is 0.602. The zero-order valence-electron chi connectivity index (χ0n) is 20.2. The maximum absolute atomic E-state index is 10.1. The molecule has 0 aliphatic heterocycles. The summed E-state index contributed by atoms with van der Waals surface area (Å²) in [6, 6.07) is 2.29. The second-order valence-electron chi connectivity index (χ2n) is 8.81. The van der Waals surface area contributed by atoms with Crippen LogP contribution < -0.4 is 9.62 Å². The number of aryl methyl sites for hydroxylation is 2. The van der Waals surface area contributed by atoms with Gasteiger partial charge in [-0.05, 0) is 68.7 Å². The van der Waals surface area contributed by atoms with Gasteiger partial charge in [0.05, 0.1) is 11.9 Å². The average Bonchev–Trinajstić information content (AvgIpc) is 3.17. The molecule has 1 saturated carbocycles. The van der Waals surface area contributed by atoms with Crippen molar-refractivity contribution in [3.63, 3.8) is 0 Å². The first-order valence-electron chi connectivity index (χ1n) is 11.2. The number of hydrogen-bond acceptors (Lipinski definition) is 5. The Kier molecular flexibility index (Phi) is 9.52. The maximum atomic E-state index is 10.1. The van der Waals surface area contributed by atoms with Gasteiger partial charge < -0.3 is 4.90 Å². The van der Waals surface area contributed by atoms with Crippen molar-refractivity contribution in [1.29, 1.82) is 0 Å². The standard InChI is InChI=1S/C21H30N2S.C3H9NO2S/c1-14-11-15(2)17(4)20(16(14)3)19-13-24-21(22-19)23(5)12-18-9-7-6-8-10-18;1-3-4-7(2,5)6/h11,13,18H,6-10,12H2,1-5H3;4H,3H2,1-2H3. The van der Waals surface area contributed by atoms with E-state index < -0.39 is 10.0 Å². The highest BCUT2D eigenvalue weighted by atomic mass is 32.2. The van der Waals surface area contributed by atoms with E-state index in [-0.39, 0.29) is 0 Å². The lowest BCUT2D eigenvalue weighted by molar-refractivity contribution is 0.362. The highest BCUT2D eigenvalue weighted by molar-refractivity contribution is 7.88. The fraction of sp³-hybridized carbons (Fsp3) is 0.625. The smallest absolute Gasteiger partial charge is 0.208 e. The molecule has 2 aromatic rings. The molecular weight excluding hydrogens is 426 g/mol. The molecule has 1 aliphatic rings. The molecular formula is C24H39N3O2S2. The van der Waals surface area contributed by atoms with E-state index in [2.05, 4.69) is 55.8 Å². The van der Waals surface area contributed by atoms with Crippen LogP contribution in [0.25, 0.3) is 11.3 Å². The molecule has 1 fully saturated rings. The largest absolute Gasteiger partial charge is 0.351 e. The summed E-state index contributed by atoms with van der Waals surface area (Å²) < 4.78 is 22.5. The van der Waals surface area contributed by atoms with Crippen molar-refractivity contribution in [2.24, 2.45) is 5.92 Å². The van der Waals surface area contributed by atoms with Gasteiger partial charge in [0, 0.05) is 31.1 Å². The number of benzene rings is 1. The number of anilines is 1. The Morgan fingerprint density at radius 1 is 1.10 bits per heavy atom. The minimum absolute atomic E-state index is 0.471. The van der Waals surface area contributed by atoms with Crippen LogP contribution >= 0.6 is 11.3 Å². The van der Waals surface area contributed by atoms with Crippen LogP contribution in [0, 0.1) is 33.6 Å². The maximum Gasteiger partial charge on any atom is 0.208 e. The third kappa shape index (κ3) is 7.58. The molecule has 31 heavy (non-hydrogen) atoms. The van der Waals surface area contributed by atoms with Gasteiger partial charge in [0.2, 0.25) is 10.0 Å².